The number of aryl methyl sites for hydroxylation is 2. The van der Waals surface area contributed by atoms with Gasteiger partial charge in [-0.05, 0) is 55.8 Å². The van der Waals surface area contributed by atoms with Gasteiger partial charge in [0, 0.05) is 54.4 Å². The van der Waals surface area contributed by atoms with Crippen molar-refractivity contribution in [1.82, 2.24) is 19.4 Å². The van der Waals surface area contributed by atoms with Crippen LogP contribution in [0.15, 0.2) is 42.7 Å². The molecule has 4 aromatic rings. The lowest BCUT2D eigenvalue weighted by Crippen LogP contribution is -2.38. The Kier molecular flexibility index (Phi) is 6.17. The Hall–Kier alpha value is -3.49. The van der Waals surface area contributed by atoms with E-state index in [0.717, 1.165) is 49.4 Å². The number of carbonyl (C=O) groups is 1. The minimum Gasteiger partial charge on any atom is -0.492 e. The number of benzene rings is 2. The quantitative estimate of drug-likeness (QED) is 0.474. The first-order valence-electron chi connectivity index (χ1n) is 11.6. The van der Waals surface area contributed by atoms with E-state index in [4.69, 9.17) is 9.47 Å². The molecule has 1 saturated heterocycles. The summed E-state index contributed by atoms with van der Waals surface area (Å²) in [6, 6.07) is 11.5. The fraction of sp³-hybridized carbons (Fsp3) is 0.346. The van der Waals surface area contributed by atoms with Gasteiger partial charge < -0.3 is 19.4 Å². The lowest BCUT2D eigenvalue weighted by atomic mass is 10.1. The molecule has 1 aliphatic heterocycles. The highest BCUT2D eigenvalue weighted by atomic mass is 16.5. The molecule has 0 bridgehead atoms. The van der Waals surface area contributed by atoms with E-state index < -0.39 is 0 Å². The zero-order valence-electron chi connectivity index (χ0n) is 19.8. The minimum absolute atomic E-state index is 0.275. The highest BCUT2D eigenvalue weighted by molar-refractivity contribution is 6.11. The number of hydrogen-bond acceptors (Lipinski definition) is 6. The summed E-state index contributed by atoms with van der Waals surface area (Å²) in [5.74, 6) is 0.420. The molecule has 0 unspecified atom stereocenters. The number of fused-ring (bicyclic) bond motifs is 2. The van der Waals surface area contributed by atoms with E-state index in [9.17, 15) is 4.79 Å². The van der Waals surface area contributed by atoms with Crippen LogP contribution in [-0.2, 0) is 11.8 Å². The van der Waals surface area contributed by atoms with Gasteiger partial charge in [0.15, 0.2) is 0 Å². The monoisotopic (exact) mass is 459 g/mol. The molecular formula is C26H29N5O3. The van der Waals surface area contributed by atoms with Gasteiger partial charge in [0.2, 0.25) is 0 Å². The molecule has 1 fully saturated rings. The van der Waals surface area contributed by atoms with Gasteiger partial charge in [-0.25, -0.2) is 9.97 Å². The number of anilines is 1. The first kappa shape index (κ1) is 22.3. The highest BCUT2D eigenvalue weighted by Crippen LogP contribution is 2.28. The Morgan fingerprint density at radius 2 is 1.91 bits per heavy atom. The Bertz CT molecular complexity index is 1360. The lowest BCUT2D eigenvalue weighted by molar-refractivity contribution is 0.0322. The predicted molar refractivity (Wildman–Crippen MR) is 133 cm³/mol. The molecule has 34 heavy (non-hydrogen) atoms. The van der Waals surface area contributed by atoms with E-state index >= 15 is 0 Å². The largest absolute Gasteiger partial charge is 0.492 e. The zero-order chi connectivity index (χ0) is 23.7. The number of morpholine rings is 1. The van der Waals surface area contributed by atoms with E-state index in [-0.39, 0.29) is 5.91 Å². The van der Waals surface area contributed by atoms with Gasteiger partial charge in [0.25, 0.3) is 5.91 Å². The maximum absolute atomic E-state index is 13.2. The van der Waals surface area contributed by atoms with Crippen molar-refractivity contribution in [3.63, 3.8) is 0 Å². The zero-order valence-corrected chi connectivity index (χ0v) is 19.8. The lowest BCUT2D eigenvalue weighted by Gasteiger charge is -2.26. The Labute approximate surface area is 198 Å². The molecule has 1 aliphatic rings. The summed E-state index contributed by atoms with van der Waals surface area (Å²) in [5, 5.41) is 4.80. The Morgan fingerprint density at radius 1 is 1.09 bits per heavy atom. The van der Waals surface area contributed by atoms with E-state index in [1.54, 1.807) is 0 Å². The molecular weight excluding hydrogens is 430 g/mol. The van der Waals surface area contributed by atoms with Crippen LogP contribution in [0.5, 0.6) is 5.75 Å². The predicted octanol–water partition coefficient (Wildman–Crippen LogP) is 3.70. The normalized spacial score (nSPS) is 14.6. The summed E-state index contributed by atoms with van der Waals surface area (Å²) in [6.07, 6.45) is 1.42. The van der Waals surface area contributed by atoms with Crippen molar-refractivity contribution in [2.24, 2.45) is 7.05 Å². The molecule has 8 nitrogen and oxygen atoms in total. The van der Waals surface area contributed by atoms with Crippen molar-refractivity contribution in [2.45, 2.75) is 13.8 Å². The fourth-order valence-corrected chi connectivity index (χ4v) is 4.45. The summed E-state index contributed by atoms with van der Waals surface area (Å²) < 4.78 is 13.5. The number of ether oxygens (including phenoxy) is 2. The van der Waals surface area contributed by atoms with E-state index in [1.165, 1.54) is 17.6 Å². The summed E-state index contributed by atoms with van der Waals surface area (Å²) in [4.78, 5) is 24.1. The molecule has 0 saturated carbocycles. The first-order valence-corrected chi connectivity index (χ1v) is 11.6. The molecule has 1 N–H and O–H groups in total. The van der Waals surface area contributed by atoms with Crippen LogP contribution in [0, 0.1) is 13.8 Å². The Balaban J connectivity index is 1.35. The summed E-state index contributed by atoms with van der Waals surface area (Å²) >= 11 is 0. The van der Waals surface area contributed by atoms with Crippen LogP contribution in [0.25, 0.3) is 21.8 Å². The molecule has 0 aliphatic carbocycles. The Morgan fingerprint density at radius 3 is 2.74 bits per heavy atom. The van der Waals surface area contributed by atoms with Crippen molar-refractivity contribution in [2.75, 3.05) is 44.8 Å². The number of amides is 1. The maximum atomic E-state index is 13.2. The fourth-order valence-electron chi connectivity index (χ4n) is 4.45. The van der Waals surface area contributed by atoms with Gasteiger partial charge in [0.1, 0.15) is 24.4 Å². The van der Waals surface area contributed by atoms with Crippen LogP contribution in [0.3, 0.4) is 0 Å². The van der Waals surface area contributed by atoms with Crippen LogP contribution in [0.2, 0.25) is 0 Å². The van der Waals surface area contributed by atoms with Gasteiger partial charge in [-0.2, -0.15) is 0 Å². The van der Waals surface area contributed by atoms with Gasteiger partial charge >= 0.3 is 0 Å². The van der Waals surface area contributed by atoms with E-state index in [2.05, 4.69) is 45.6 Å². The third kappa shape index (κ3) is 4.34. The van der Waals surface area contributed by atoms with Gasteiger partial charge in [-0.3, -0.25) is 9.69 Å². The topological polar surface area (TPSA) is 81.5 Å². The van der Waals surface area contributed by atoms with Crippen molar-refractivity contribution in [3.05, 3.63) is 59.7 Å². The number of carbonyl (C=O) groups excluding carboxylic acids is 1. The van der Waals surface area contributed by atoms with E-state index in [1.807, 2.05) is 36.4 Å². The maximum Gasteiger partial charge on any atom is 0.275 e. The molecule has 2 aromatic heterocycles. The number of rotatable bonds is 6. The van der Waals surface area contributed by atoms with Crippen LogP contribution >= 0.6 is 0 Å². The van der Waals surface area contributed by atoms with Gasteiger partial charge in [0.05, 0.1) is 18.7 Å². The van der Waals surface area contributed by atoms with Gasteiger partial charge in [-0.1, -0.05) is 0 Å². The smallest absolute Gasteiger partial charge is 0.275 e. The molecule has 2 aromatic carbocycles. The summed E-state index contributed by atoms with van der Waals surface area (Å²) in [6.45, 7) is 8.98. The second-order valence-corrected chi connectivity index (χ2v) is 8.66. The molecule has 0 radical (unpaired) electrons. The molecule has 8 heteroatoms. The number of nitrogens with zero attached hydrogens (tertiary/aromatic N) is 4. The molecule has 3 heterocycles. The molecule has 176 valence electrons. The summed E-state index contributed by atoms with van der Waals surface area (Å²) in [7, 11) is 2.05. The molecule has 5 rings (SSSR count). The van der Waals surface area contributed by atoms with Gasteiger partial charge in [-0.15, -0.1) is 0 Å². The van der Waals surface area contributed by atoms with Crippen LogP contribution in [0.1, 0.15) is 21.7 Å². The van der Waals surface area contributed by atoms with Crippen LogP contribution in [-0.4, -0.2) is 64.8 Å². The average Bonchev–Trinajstić information content (AvgIpc) is 3.07. The SMILES string of the molecule is Cc1c(C)n(C)c2ccc(NC(=O)c3ncnc4ccc(OCCN5CCOCC5)cc34)cc12. The van der Waals surface area contributed by atoms with E-state index in [0.29, 0.717) is 29.0 Å². The van der Waals surface area contributed by atoms with Crippen LogP contribution in [0.4, 0.5) is 5.69 Å². The minimum atomic E-state index is -0.275. The standard InChI is InChI=1S/C26H29N5O3/c1-17-18(2)30(3)24-7-4-19(14-21(17)24)29-26(32)25-22-15-20(5-6-23(22)27-16-28-25)34-13-10-31-8-11-33-12-9-31/h4-7,14-16H,8-13H2,1-3H3,(H,29,32). The molecule has 0 atom stereocenters. The molecule has 0 spiro atoms. The summed E-state index contributed by atoms with van der Waals surface area (Å²) in [5.41, 5.74) is 5.31. The number of aromatic nitrogens is 3. The third-order valence-corrected chi connectivity index (χ3v) is 6.67. The van der Waals surface area contributed by atoms with Crippen molar-refractivity contribution < 1.29 is 14.3 Å². The number of hydrogen-bond donors (Lipinski definition) is 1. The second-order valence-electron chi connectivity index (χ2n) is 8.66. The highest BCUT2D eigenvalue weighted by Gasteiger charge is 2.16. The average molecular weight is 460 g/mol. The second kappa shape index (κ2) is 9.40. The van der Waals surface area contributed by atoms with Crippen molar-refractivity contribution in [3.8, 4) is 5.75 Å². The third-order valence-electron chi connectivity index (χ3n) is 6.67. The molecule has 1 amide bonds. The van der Waals surface area contributed by atoms with Crippen molar-refractivity contribution in [1.29, 1.82) is 0 Å². The van der Waals surface area contributed by atoms with Crippen molar-refractivity contribution >= 4 is 33.4 Å². The number of nitrogens with one attached hydrogen (secondary N) is 1. The first-order chi connectivity index (χ1) is 16.5. The van der Waals surface area contributed by atoms with Crippen LogP contribution < -0.4 is 10.1 Å².